The number of carboxylic acid groups (broad SMARTS) is 1. The molecular weight excluding hydrogens is 296 g/mol. The standard InChI is InChI=1S/C12H16N4O4S/c1-6(2)16-8-9(15(3)11(20)14-10(8)19)13-12(16)21-5-4-7(17)18/h6H,4-5H2,1-3H3,(H,17,18)(H,14,19,20)/p-1. The van der Waals surface area contributed by atoms with Gasteiger partial charge < -0.3 is 14.5 Å². The van der Waals surface area contributed by atoms with Crippen LogP contribution in [0.1, 0.15) is 26.3 Å². The van der Waals surface area contributed by atoms with Crippen LogP contribution < -0.4 is 16.4 Å². The highest BCUT2D eigenvalue weighted by Gasteiger charge is 2.19. The third kappa shape index (κ3) is 2.87. The molecule has 0 amide bonds. The number of carboxylic acids is 1. The fourth-order valence-corrected chi connectivity index (χ4v) is 3.03. The fraction of sp³-hybridized carbons (Fsp3) is 0.500. The number of H-pyrrole nitrogens is 1. The minimum atomic E-state index is -1.14. The summed E-state index contributed by atoms with van der Waals surface area (Å²) in [6.45, 7) is 3.77. The van der Waals surface area contributed by atoms with Gasteiger partial charge in [0, 0.05) is 24.8 Å². The van der Waals surface area contributed by atoms with Crippen molar-refractivity contribution in [2.45, 2.75) is 31.5 Å². The first-order valence-electron chi connectivity index (χ1n) is 6.36. The zero-order valence-electron chi connectivity index (χ0n) is 11.9. The molecule has 0 bridgehead atoms. The van der Waals surface area contributed by atoms with Gasteiger partial charge in [0.1, 0.15) is 0 Å². The molecule has 0 atom stereocenters. The highest BCUT2D eigenvalue weighted by atomic mass is 32.2. The Kier molecular flexibility index (Phi) is 4.21. The summed E-state index contributed by atoms with van der Waals surface area (Å²) < 4.78 is 2.96. The molecule has 0 unspecified atom stereocenters. The predicted molar refractivity (Wildman–Crippen MR) is 76.3 cm³/mol. The van der Waals surface area contributed by atoms with Crippen LogP contribution in [0.2, 0.25) is 0 Å². The van der Waals surface area contributed by atoms with E-state index in [9.17, 15) is 19.5 Å². The van der Waals surface area contributed by atoms with Crippen LogP contribution in [0.25, 0.3) is 11.2 Å². The molecule has 0 saturated carbocycles. The Morgan fingerprint density at radius 1 is 1.43 bits per heavy atom. The van der Waals surface area contributed by atoms with Crippen LogP contribution in [0.4, 0.5) is 0 Å². The third-order valence-corrected chi connectivity index (χ3v) is 3.93. The number of aryl methyl sites for hydroxylation is 1. The van der Waals surface area contributed by atoms with E-state index in [1.807, 2.05) is 13.8 Å². The summed E-state index contributed by atoms with van der Waals surface area (Å²) in [5.41, 5.74) is -0.440. The van der Waals surface area contributed by atoms with Crippen LogP contribution in [-0.2, 0) is 11.8 Å². The molecular formula is C12H15N4O4S-. The van der Waals surface area contributed by atoms with E-state index in [4.69, 9.17) is 0 Å². The molecule has 114 valence electrons. The fourth-order valence-electron chi connectivity index (χ4n) is 1.99. The largest absolute Gasteiger partial charge is 0.550 e. The van der Waals surface area contributed by atoms with Crippen molar-refractivity contribution in [2.24, 2.45) is 7.05 Å². The number of fused-ring (bicyclic) bond motifs is 1. The Hall–Kier alpha value is -2.03. The molecule has 0 saturated heterocycles. The van der Waals surface area contributed by atoms with Gasteiger partial charge >= 0.3 is 5.69 Å². The lowest BCUT2D eigenvalue weighted by molar-refractivity contribution is -0.305. The average Bonchev–Trinajstić information content (AvgIpc) is 2.76. The van der Waals surface area contributed by atoms with Gasteiger partial charge in [0.15, 0.2) is 16.3 Å². The monoisotopic (exact) mass is 311 g/mol. The molecule has 0 radical (unpaired) electrons. The lowest BCUT2D eigenvalue weighted by Gasteiger charge is -2.11. The predicted octanol–water partition coefficient (Wildman–Crippen LogP) is -0.764. The molecule has 0 aromatic carbocycles. The normalized spacial score (nSPS) is 11.4. The Bertz CT molecular complexity index is 802. The molecule has 0 aliphatic carbocycles. The number of hydrogen-bond acceptors (Lipinski definition) is 6. The first kappa shape index (κ1) is 15.4. The first-order valence-corrected chi connectivity index (χ1v) is 7.35. The number of nitrogens with one attached hydrogen (secondary N) is 1. The molecule has 9 heteroatoms. The summed E-state index contributed by atoms with van der Waals surface area (Å²) in [6, 6.07) is -0.0564. The number of imidazole rings is 1. The van der Waals surface area contributed by atoms with Gasteiger partial charge in [0.25, 0.3) is 5.56 Å². The topological polar surface area (TPSA) is 113 Å². The van der Waals surface area contributed by atoms with Gasteiger partial charge in [-0.15, -0.1) is 0 Å². The molecule has 8 nitrogen and oxygen atoms in total. The zero-order chi connectivity index (χ0) is 15.7. The highest BCUT2D eigenvalue weighted by molar-refractivity contribution is 7.99. The molecule has 1 N–H and O–H groups in total. The number of thioether (sulfide) groups is 1. The number of aliphatic carboxylic acids is 1. The van der Waals surface area contributed by atoms with E-state index in [1.165, 1.54) is 23.4 Å². The van der Waals surface area contributed by atoms with Gasteiger partial charge in [0.05, 0.1) is 0 Å². The maximum Gasteiger partial charge on any atom is 0.329 e. The lowest BCUT2D eigenvalue weighted by atomic mass is 10.4. The van der Waals surface area contributed by atoms with Crippen molar-refractivity contribution in [3.05, 3.63) is 20.8 Å². The molecule has 0 aliphatic heterocycles. The van der Waals surface area contributed by atoms with E-state index < -0.39 is 17.2 Å². The van der Waals surface area contributed by atoms with Crippen molar-refractivity contribution < 1.29 is 9.90 Å². The van der Waals surface area contributed by atoms with Crippen molar-refractivity contribution in [1.29, 1.82) is 0 Å². The molecule has 2 aromatic rings. The maximum atomic E-state index is 12.0. The molecule has 0 fully saturated rings. The molecule has 2 aromatic heterocycles. The molecule has 0 aliphatic rings. The van der Waals surface area contributed by atoms with Crippen molar-refractivity contribution in [3.8, 4) is 0 Å². The number of aromatic nitrogens is 4. The Morgan fingerprint density at radius 2 is 2.10 bits per heavy atom. The van der Waals surface area contributed by atoms with Crippen LogP contribution in [0, 0.1) is 0 Å². The summed E-state index contributed by atoms with van der Waals surface area (Å²) in [5.74, 6) is -0.857. The van der Waals surface area contributed by atoms with E-state index in [0.29, 0.717) is 10.7 Å². The highest BCUT2D eigenvalue weighted by Crippen LogP contribution is 2.25. The van der Waals surface area contributed by atoms with Gasteiger partial charge in [0.2, 0.25) is 0 Å². The number of hydrogen-bond donors (Lipinski definition) is 1. The molecule has 2 rings (SSSR count). The van der Waals surface area contributed by atoms with Gasteiger partial charge in [-0.2, -0.15) is 0 Å². The number of nitrogens with zero attached hydrogens (tertiary/aromatic N) is 3. The van der Waals surface area contributed by atoms with Crippen LogP contribution >= 0.6 is 11.8 Å². The van der Waals surface area contributed by atoms with E-state index in [0.717, 1.165) is 0 Å². The van der Waals surface area contributed by atoms with Gasteiger partial charge in [-0.05, 0) is 20.3 Å². The van der Waals surface area contributed by atoms with Gasteiger partial charge in [-0.3, -0.25) is 14.3 Å². The lowest BCUT2D eigenvalue weighted by Crippen LogP contribution is -2.29. The van der Waals surface area contributed by atoms with Crippen LogP contribution in [0.15, 0.2) is 14.7 Å². The van der Waals surface area contributed by atoms with Crippen molar-refractivity contribution in [1.82, 2.24) is 19.1 Å². The molecule has 0 spiro atoms. The second-order valence-electron chi connectivity index (χ2n) is 4.82. The minimum Gasteiger partial charge on any atom is -0.550 e. The minimum absolute atomic E-state index is 0.0564. The van der Waals surface area contributed by atoms with E-state index in [1.54, 1.807) is 4.57 Å². The maximum absolute atomic E-state index is 12.0. The number of carbonyl (C=O) groups excluding carboxylic acids is 1. The summed E-state index contributed by atoms with van der Waals surface area (Å²) in [7, 11) is 1.52. The second kappa shape index (κ2) is 5.76. The smallest absolute Gasteiger partial charge is 0.329 e. The van der Waals surface area contributed by atoms with E-state index in [2.05, 4.69) is 9.97 Å². The molecule has 21 heavy (non-hydrogen) atoms. The number of rotatable bonds is 5. The second-order valence-corrected chi connectivity index (χ2v) is 5.88. The Balaban J connectivity index is 2.60. The quantitative estimate of drug-likeness (QED) is 0.726. The van der Waals surface area contributed by atoms with Gasteiger partial charge in [-0.25, -0.2) is 9.78 Å². The Labute approximate surface area is 123 Å². The zero-order valence-corrected chi connectivity index (χ0v) is 12.7. The summed E-state index contributed by atoms with van der Waals surface area (Å²) in [5, 5.41) is 11.0. The summed E-state index contributed by atoms with van der Waals surface area (Å²) >= 11 is 1.22. The first-order chi connectivity index (χ1) is 9.82. The van der Waals surface area contributed by atoms with Crippen LogP contribution in [0.3, 0.4) is 0 Å². The number of aromatic amines is 1. The van der Waals surface area contributed by atoms with Crippen LogP contribution in [-0.4, -0.2) is 30.8 Å². The SMILES string of the molecule is CC(C)n1c(SCCC(=O)[O-])nc2c1c(=O)[nH]c(=O)n2C. The Morgan fingerprint density at radius 3 is 2.67 bits per heavy atom. The van der Waals surface area contributed by atoms with Crippen molar-refractivity contribution in [2.75, 3.05) is 5.75 Å². The average molecular weight is 311 g/mol. The summed E-state index contributed by atoms with van der Waals surface area (Å²) in [4.78, 5) is 40.7. The van der Waals surface area contributed by atoms with E-state index >= 15 is 0 Å². The van der Waals surface area contributed by atoms with Crippen molar-refractivity contribution >= 4 is 28.9 Å². The third-order valence-electron chi connectivity index (χ3n) is 2.97. The number of carbonyl (C=O) groups is 1. The van der Waals surface area contributed by atoms with Crippen molar-refractivity contribution in [3.63, 3.8) is 0 Å². The van der Waals surface area contributed by atoms with E-state index in [-0.39, 0.29) is 23.9 Å². The summed E-state index contributed by atoms with van der Waals surface area (Å²) in [6.07, 6.45) is -0.110. The van der Waals surface area contributed by atoms with Crippen LogP contribution in [0.5, 0.6) is 0 Å². The van der Waals surface area contributed by atoms with Gasteiger partial charge in [-0.1, -0.05) is 11.8 Å². The molecule has 2 heterocycles.